The maximum atomic E-state index is 3.69. The third-order valence-electron chi connectivity index (χ3n) is 3.88. The Hall–Kier alpha value is -0.340. The molecular weight excluding hydrogens is 286 g/mol. The molecule has 1 aliphatic carbocycles. The van der Waals surface area contributed by atoms with Crippen LogP contribution in [0.5, 0.6) is 0 Å². The highest BCUT2D eigenvalue weighted by Crippen LogP contribution is 2.43. The zero-order chi connectivity index (χ0) is 13.2. The topological polar surface area (TPSA) is 12.0 Å². The van der Waals surface area contributed by atoms with E-state index in [1.54, 1.807) is 0 Å². The molecule has 0 bridgehead atoms. The second kappa shape index (κ2) is 5.34. The van der Waals surface area contributed by atoms with Gasteiger partial charge >= 0.3 is 0 Å². The van der Waals surface area contributed by atoms with Crippen LogP contribution < -0.4 is 5.32 Å². The fourth-order valence-corrected chi connectivity index (χ4v) is 3.07. The van der Waals surface area contributed by atoms with Crippen molar-refractivity contribution in [2.75, 3.05) is 6.54 Å². The first-order valence-corrected chi connectivity index (χ1v) is 7.67. The van der Waals surface area contributed by atoms with E-state index >= 15 is 0 Å². The molecule has 1 fully saturated rings. The maximum absolute atomic E-state index is 3.69. The van der Waals surface area contributed by atoms with E-state index in [9.17, 15) is 0 Å². The normalized spacial score (nSPS) is 18.4. The van der Waals surface area contributed by atoms with Crippen molar-refractivity contribution < 1.29 is 0 Å². The molecule has 0 heterocycles. The van der Waals surface area contributed by atoms with E-state index in [0.29, 0.717) is 5.41 Å². The summed E-state index contributed by atoms with van der Waals surface area (Å²) < 4.78 is 1.19. The minimum Gasteiger partial charge on any atom is -0.312 e. The summed E-state index contributed by atoms with van der Waals surface area (Å²) in [5.74, 6) is 0. The van der Waals surface area contributed by atoms with Crippen molar-refractivity contribution in [1.82, 2.24) is 5.32 Å². The average molecular weight is 310 g/mol. The Balaban J connectivity index is 2.00. The van der Waals surface area contributed by atoms with Gasteiger partial charge in [-0.25, -0.2) is 0 Å². The highest BCUT2D eigenvalue weighted by Gasteiger charge is 2.37. The van der Waals surface area contributed by atoms with Gasteiger partial charge in [0.05, 0.1) is 0 Å². The van der Waals surface area contributed by atoms with Gasteiger partial charge in [0.25, 0.3) is 0 Å². The predicted molar refractivity (Wildman–Crippen MR) is 81.9 cm³/mol. The molecular formula is C16H24BrN. The van der Waals surface area contributed by atoms with E-state index in [2.05, 4.69) is 66.3 Å². The Morgan fingerprint density at radius 2 is 2.00 bits per heavy atom. The molecule has 18 heavy (non-hydrogen) atoms. The molecule has 0 aromatic heterocycles. The minimum absolute atomic E-state index is 0.222. The zero-order valence-corrected chi connectivity index (χ0v) is 13.3. The van der Waals surface area contributed by atoms with Crippen LogP contribution in [0.4, 0.5) is 0 Å². The molecule has 0 radical (unpaired) electrons. The molecule has 2 heteroatoms. The first-order chi connectivity index (χ1) is 8.39. The molecule has 100 valence electrons. The maximum Gasteiger partial charge on any atom is 0.0177 e. The molecule has 1 N–H and O–H groups in total. The van der Waals surface area contributed by atoms with Crippen molar-refractivity contribution in [3.05, 3.63) is 34.3 Å². The van der Waals surface area contributed by atoms with Crippen LogP contribution in [0.15, 0.2) is 28.7 Å². The molecule has 0 spiro atoms. The molecule has 1 aromatic rings. The summed E-state index contributed by atoms with van der Waals surface area (Å²) in [4.78, 5) is 0. The lowest BCUT2D eigenvalue weighted by Gasteiger charge is -2.44. The lowest BCUT2D eigenvalue weighted by Crippen LogP contribution is -2.47. The molecule has 1 aliphatic rings. The number of benzene rings is 1. The van der Waals surface area contributed by atoms with Crippen LogP contribution in [0, 0.1) is 5.41 Å². The molecule has 0 unspecified atom stereocenters. The zero-order valence-electron chi connectivity index (χ0n) is 11.7. The Kier molecular flexibility index (Phi) is 4.18. The number of rotatable bonds is 4. The van der Waals surface area contributed by atoms with Gasteiger partial charge in [-0.15, -0.1) is 0 Å². The van der Waals surface area contributed by atoms with Gasteiger partial charge in [0, 0.05) is 16.6 Å². The molecule has 0 saturated heterocycles. The summed E-state index contributed by atoms with van der Waals surface area (Å²) in [7, 11) is 0. The molecule has 2 rings (SSSR count). The Labute approximate surface area is 119 Å². The van der Waals surface area contributed by atoms with Crippen molar-refractivity contribution >= 4 is 15.9 Å². The minimum atomic E-state index is 0.222. The van der Waals surface area contributed by atoms with Gasteiger partial charge in [-0.3, -0.25) is 0 Å². The highest BCUT2D eigenvalue weighted by molar-refractivity contribution is 9.10. The number of nitrogens with one attached hydrogen (secondary N) is 1. The SMILES string of the molecule is CC(C)(C)NCC1(Cc2cccc(Br)c2)CCC1. The van der Waals surface area contributed by atoms with Crippen molar-refractivity contribution in [2.24, 2.45) is 5.41 Å². The number of hydrogen-bond donors (Lipinski definition) is 1. The summed E-state index contributed by atoms with van der Waals surface area (Å²) >= 11 is 3.56. The van der Waals surface area contributed by atoms with Gasteiger partial charge in [0.1, 0.15) is 0 Å². The van der Waals surface area contributed by atoms with Gasteiger partial charge < -0.3 is 5.32 Å². The first-order valence-electron chi connectivity index (χ1n) is 6.88. The third kappa shape index (κ3) is 3.83. The van der Waals surface area contributed by atoms with Gasteiger partial charge in [0.2, 0.25) is 0 Å². The van der Waals surface area contributed by atoms with E-state index in [1.807, 2.05) is 0 Å². The monoisotopic (exact) mass is 309 g/mol. The van der Waals surface area contributed by atoms with Crippen LogP contribution in [0.3, 0.4) is 0 Å². The summed E-state index contributed by atoms with van der Waals surface area (Å²) in [5.41, 5.74) is 2.17. The predicted octanol–water partition coefficient (Wildman–Crippen LogP) is 4.55. The summed E-state index contributed by atoms with van der Waals surface area (Å²) in [6, 6.07) is 8.76. The van der Waals surface area contributed by atoms with Gasteiger partial charge in [-0.1, -0.05) is 34.5 Å². The second-order valence-corrected chi connectivity index (χ2v) is 7.68. The first kappa shape index (κ1) is 14.1. The smallest absolute Gasteiger partial charge is 0.0177 e. The summed E-state index contributed by atoms with van der Waals surface area (Å²) in [6.07, 6.45) is 5.32. The molecule has 0 atom stereocenters. The van der Waals surface area contributed by atoms with Crippen LogP contribution in [-0.2, 0) is 6.42 Å². The van der Waals surface area contributed by atoms with Crippen molar-refractivity contribution in [3.8, 4) is 0 Å². The van der Waals surface area contributed by atoms with Crippen molar-refractivity contribution in [3.63, 3.8) is 0 Å². The molecule has 1 aromatic carbocycles. The lowest BCUT2D eigenvalue weighted by molar-refractivity contribution is 0.118. The lowest BCUT2D eigenvalue weighted by atomic mass is 9.65. The van der Waals surface area contributed by atoms with Crippen molar-refractivity contribution in [1.29, 1.82) is 0 Å². The Morgan fingerprint density at radius 1 is 1.28 bits per heavy atom. The van der Waals surface area contributed by atoms with Crippen LogP contribution in [0.25, 0.3) is 0 Å². The van der Waals surface area contributed by atoms with Crippen LogP contribution in [0.2, 0.25) is 0 Å². The quantitative estimate of drug-likeness (QED) is 0.860. The fraction of sp³-hybridized carbons (Fsp3) is 0.625. The fourth-order valence-electron chi connectivity index (χ4n) is 2.63. The Morgan fingerprint density at radius 3 is 2.50 bits per heavy atom. The van der Waals surface area contributed by atoms with Crippen LogP contribution in [0.1, 0.15) is 45.6 Å². The van der Waals surface area contributed by atoms with Crippen LogP contribution >= 0.6 is 15.9 Å². The van der Waals surface area contributed by atoms with E-state index in [0.717, 1.165) is 6.54 Å². The van der Waals surface area contributed by atoms with Crippen molar-refractivity contribution in [2.45, 2.75) is 52.0 Å². The van der Waals surface area contributed by atoms with Crippen LogP contribution in [-0.4, -0.2) is 12.1 Å². The second-order valence-electron chi connectivity index (χ2n) is 6.76. The van der Waals surface area contributed by atoms with E-state index < -0.39 is 0 Å². The van der Waals surface area contributed by atoms with E-state index in [-0.39, 0.29) is 5.54 Å². The summed E-state index contributed by atoms with van der Waals surface area (Å²) in [5, 5.41) is 3.69. The Bertz CT molecular complexity index is 402. The number of halogens is 1. The van der Waals surface area contributed by atoms with E-state index in [4.69, 9.17) is 0 Å². The van der Waals surface area contributed by atoms with Gasteiger partial charge in [0.15, 0.2) is 0 Å². The van der Waals surface area contributed by atoms with E-state index in [1.165, 1.54) is 35.7 Å². The number of hydrogen-bond acceptors (Lipinski definition) is 1. The molecule has 1 saturated carbocycles. The highest BCUT2D eigenvalue weighted by atomic mass is 79.9. The van der Waals surface area contributed by atoms with Gasteiger partial charge in [-0.2, -0.15) is 0 Å². The molecule has 0 aliphatic heterocycles. The van der Waals surface area contributed by atoms with Gasteiger partial charge in [-0.05, 0) is 63.1 Å². The molecule has 0 amide bonds. The average Bonchev–Trinajstić information content (AvgIpc) is 2.20. The third-order valence-corrected chi connectivity index (χ3v) is 4.37. The standard InChI is InChI=1S/C16H24BrN/c1-15(2,3)18-12-16(8-5-9-16)11-13-6-4-7-14(17)10-13/h4,6-7,10,18H,5,8-9,11-12H2,1-3H3. The largest absolute Gasteiger partial charge is 0.312 e. The summed E-state index contributed by atoms with van der Waals surface area (Å²) in [6.45, 7) is 7.89. The molecule has 1 nitrogen and oxygen atoms in total.